The van der Waals surface area contributed by atoms with Crippen molar-refractivity contribution in [3.8, 4) is 22.7 Å². The molecule has 1 aromatic heterocycles. The number of para-hydroxylation sites is 1. The highest BCUT2D eigenvalue weighted by Gasteiger charge is 2.22. The van der Waals surface area contributed by atoms with Gasteiger partial charge in [0.2, 0.25) is 0 Å². The van der Waals surface area contributed by atoms with Gasteiger partial charge in [-0.05, 0) is 42.0 Å². The smallest absolute Gasteiger partial charge is 0.276 e. The Kier molecular flexibility index (Phi) is 5.34. The van der Waals surface area contributed by atoms with Crippen LogP contribution in [0.3, 0.4) is 0 Å². The predicted octanol–water partition coefficient (Wildman–Crippen LogP) is 5.03. The molecule has 4 nitrogen and oxygen atoms in total. The van der Waals surface area contributed by atoms with E-state index in [1.54, 1.807) is 36.4 Å². The molecule has 144 valence electrons. The standard InChI is InChI=1S/C23H16ClNO3S/c24-17-11-13-19(14-12-17)29(28)22-21(26)15-20(16-7-3-1-4-8-16)25(23(22)27)18-9-5-2-6-10-18/h1-15,26H. The van der Waals surface area contributed by atoms with E-state index in [4.69, 9.17) is 11.6 Å². The summed E-state index contributed by atoms with van der Waals surface area (Å²) in [5, 5.41) is 11.2. The van der Waals surface area contributed by atoms with Gasteiger partial charge in [-0.15, -0.1) is 0 Å². The van der Waals surface area contributed by atoms with Crippen LogP contribution in [0.1, 0.15) is 0 Å². The van der Waals surface area contributed by atoms with Crippen LogP contribution >= 0.6 is 11.6 Å². The first kappa shape index (κ1) is 19.2. The highest BCUT2D eigenvalue weighted by molar-refractivity contribution is 7.85. The fraction of sp³-hybridized carbons (Fsp3) is 0. The molecule has 0 fully saturated rings. The molecule has 29 heavy (non-hydrogen) atoms. The Bertz CT molecular complexity index is 1240. The molecule has 0 saturated heterocycles. The molecule has 6 heteroatoms. The van der Waals surface area contributed by atoms with E-state index in [9.17, 15) is 14.1 Å². The number of benzene rings is 3. The predicted molar refractivity (Wildman–Crippen MR) is 115 cm³/mol. The van der Waals surface area contributed by atoms with Crippen LogP contribution in [0.15, 0.2) is 106 Å². The monoisotopic (exact) mass is 421 g/mol. The Labute approximate surface area is 175 Å². The van der Waals surface area contributed by atoms with E-state index in [0.29, 0.717) is 21.3 Å². The Balaban J connectivity index is 1.99. The van der Waals surface area contributed by atoms with Crippen LogP contribution in [0, 0.1) is 0 Å². The molecule has 0 saturated carbocycles. The van der Waals surface area contributed by atoms with E-state index in [1.807, 2.05) is 48.5 Å². The number of hydrogen-bond donors (Lipinski definition) is 1. The SMILES string of the molecule is O=c1c(S(=O)c2ccc(Cl)cc2)c(O)cc(-c2ccccc2)n1-c1ccccc1. The first-order chi connectivity index (χ1) is 14.1. The Morgan fingerprint density at radius 2 is 1.41 bits per heavy atom. The molecule has 3 aromatic carbocycles. The van der Waals surface area contributed by atoms with E-state index in [2.05, 4.69) is 0 Å². The number of pyridine rings is 1. The summed E-state index contributed by atoms with van der Waals surface area (Å²) in [6, 6.07) is 26.2. The van der Waals surface area contributed by atoms with Crippen LogP contribution in [0.5, 0.6) is 5.75 Å². The molecule has 0 aliphatic carbocycles. The Hall–Kier alpha value is -3.15. The highest BCUT2D eigenvalue weighted by atomic mass is 35.5. The van der Waals surface area contributed by atoms with E-state index < -0.39 is 16.4 Å². The minimum atomic E-state index is -1.87. The summed E-state index contributed by atoms with van der Waals surface area (Å²) in [5.41, 5.74) is 1.35. The quantitative estimate of drug-likeness (QED) is 0.502. The van der Waals surface area contributed by atoms with Gasteiger partial charge in [0.25, 0.3) is 5.56 Å². The van der Waals surface area contributed by atoms with Gasteiger partial charge in [-0.3, -0.25) is 9.36 Å². The number of hydrogen-bond acceptors (Lipinski definition) is 3. The zero-order valence-electron chi connectivity index (χ0n) is 15.2. The van der Waals surface area contributed by atoms with Crippen molar-refractivity contribution in [1.29, 1.82) is 0 Å². The van der Waals surface area contributed by atoms with Gasteiger partial charge < -0.3 is 5.11 Å². The number of aromatic hydroxyl groups is 1. The second-order valence-electron chi connectivity index (χ2n) is 6.31. The first-order valence-electron chi connectivity index (χ1n) is 8.83. The van der Waals surface area contributed by atoms with Crippen LogP contribution in [0.25, 0.3) is 16.9 Å². The maximum absolute atomic E-state index is 13.4. The van der Waals surface area contributed by atoms with Gasteiger partial charge in [0, 0.05) is 21.7 Å². The summed E-state index contributed by atoms with van der Waals surface area (Å²) in [5.74, 6) is -0.311. The van der Waals surface area contributed by atoms with Crippen molar-refractivity contribution < 1.29 is 9.32 Å². The van der Waals surface area contributed by atoms with Gasteiger partial charge in [-0.2, -0.15) is 0 Å². The van der Waals surface area contributed by atoms with Crippen molar-refractivity contribution >= 4 is 22.4 Å². The van der Waals surface area contributed by atoms with Crippen molar-refractivity contribution in [3.05, 3.63) is 106 Å². The molecule has 0 radical (unpaired) electrons. The molecular weight excluding hydrogens is 406 g/mol. The van der Waals surface area contributed by atoms with E-state index in [0.717, 1.165) is 5.56 Å². The lowest BCUT2D eigenvalue weighted by Crippen LogP contribution is -2.24. The summed E-state index contributed by atoms with van der Waals surface area (Å²) in [7, 11) is -1.87. The van der Waals surface area contributed by atoms with Gasteiger partial charge in [0.05, 0.1) is 16.5 Å². The molecule has 0 aliphatic rings. The fourth-order valence-electron chi connectivity index (χ4n) is 3.09. The summed E-state index contributed by atoms with van der Waals surface area (Å²) in [6.07, 6.45) is 0. The van der Waals surface area contributed by atoms with Gasteiger partial charge in [0.15, 0.2) is 4.90 Å². The number of halogens is 1. The van der Waals surface area contributed by atoms with Crippen molar-refractivity contribution in [1.82, 2.24) is 4.57 Å². The summed E-state index contributed by atoms with van der Waals surface area (Å²) >= 11 is 5.90. The average molecular weight is 422 g/mol. The van der Waals surface area contributed by atoms with E-state index in [1.165, 1.54) is 10.6 Å². The zero-order valence-corrected chi connectivity index (χ0v) is 16.7. The van der Waals surface area contributed by atoms with Crippen LogP contribution < -0.4 is 5.56 Å². The maximum atomic E-state index is 13.4. The van der Waals surface area contributed by atoms with Crippen molar-refractivity contribution in [2.24, 2.45) is 0 Å². The molecule has 0 spiro atoms. The number of rotatable bonds is 4. The van der Waals surface area contributed by atoms with Gasteiger partial charge >= 0.3 is 0 Å². The van der Waals surface area contributed by atoms with E-state index >= 15 is 0 Å². The molecule has 0 aliphatic heterocycles. The highest BCUT2D eigenvalue weighted by Crippen LogP contribution is 2.30. The van der Waals surface area contributed by atoms with Crippen molar-refractivity contribution in [3.63, 3.8) is 0 Å². The lowest BCUT2D eigenvalue weighted by molar-refractivity contribution is 0.457. The lowest BCUT2D eigenvalue weighted by atomic mass is 10.1. The zero-order chi connectivity index (χ0) is 20.4. The number of aromatic nitrogens is 1. The third kappa shape index (κ3) is 3.75. The molecule has 1 unspecified atom stereocenters. The van der Waals surface area contributed by atoms with Gasteiger partial charge in [-0.25, -0.2) is 4.21 Å². The summed E-state index contributed by atoms with van der Waals surface area (Å²) in [4.78, 5) is 13.7. The van der Waals surface area contributed by atoms with Gasteiger partial charge in [0.1, 0.15) is 5.75 Å². The van der Waals surface area contributed by atoms with Gasteiger partial charge in [-0.1, -0.05) is 60.1 Å². The van der Waals surface area contributed by atoms with Crippen LogP contribution in [0.4, 0.5) is 0 Å². The molecule has 1 N–H and O–H groups in total. The summed E-state index contributed by atoms with van der Waals surface area (Å²) in [6.45, 7) is 0. The third-order valence-electron chi connectivity index (χ3n) is 4.44. The Morgan fingerprint density at radius 3 is 2.03 bits per heavy atom. The van der Waals surface area contributed by atoms with Crippen LogP contribution in [-0.2, 0) is 10.8 Å². The topological polar surface area (TPSA) is 59.3 Å². The molecule has 4 aromatic rings. The van der Waals surface area contributed by atoms with Crippen molar-refractivity contribution in [2.45, 2.75) is 9.79 Å². The van der Waals surface area contributed by atoms with Crippen LogP contribution in [0.2, 0.25) is 5.02 Å². The average Bonchev–Trinajstić information content (AvgIpc) is 2.75. The Morgan fingerprint density at radius 1 is 0.828 bits per heavy atom. The summed E-state index contributed by atoms with van der Waals surface area (Å²) < 4.78 is 14.6. The molecule has 0 bridgehead atoms. The van der Waals surface area contributed by atoms with E-state index in [-0.39, 0.29) is 10.6 Å². The molecule has 4 rings (SSSR count). The minimum Gasteiger partial charge on any atom is -0.506 e. The fourth-order valence-corrected chi connectivity index (χ4v) is 4.33. The van der Waals surface area contributed by atoms with Crippen LogP contribution in [-0.4, -0.2) is 13.9 Å². The normalized spacial score (nSPS) is 11.9. The lowest BCUT2D eigenvalue weighted by Gasteiger charge is -2.16. The first-order valence-corrected chi connectivity index (χ1v) is 10.4. The molecular formula is C23H16ClNO3S. The minimum absolute atomic E-state index is 0.171. The number of nitrogens with zero attached hydrogens (tertiary/aromatic N) is 1. The molecule has 0 amide bonds. The van der Waals surface area contributed by atoms with Crippen molar-refractivity contribution in [2.75, 3.05) is 0 Å². The second-order valence-corrected chi connectivity index (χ2v) is 8.16. The largest absolute Gasteiger partial charge is 0.506 e. The maximum Gasteiger partial charge on any atom is 0.276 e. The molecule has 1 atom stereocenters. The molecule has 1 heterocycles. The third-order valence-corrected chi connectivity index (χ3v) is 6.15. The second kappa shape index (κ2) is 8.07.